The molecule has 2 N–H and O–H groups in total. The van der Waals surface area contributed by atoms with Crippen LogP contribution in [0.15, 0.2) is 53.6 Å². The second-order valence-electron chi connectivity index (χ2n) is 6.87. The zero-order valence-corrected chi connectivity index (χ0v) is 21.9. The molecule has 0 atom stereocenters. The van der Waals surface area contributed by atoms with Crippen molar-refractivity contribution in [2.75, 3.05) is 13.7 Å². The van der Waals surface area contributed by atoms with E-state index in [4.69, 9.17) is 37.4 Å². The number of hydrogen-bond acceptors (Lipinski definition) is 6. The number of aromatic hydroxyl groups is 1. The largest absolute Gasteiger partial charge is 0.507 e. The first-order valence-electron chi connectivity index (χ1n) is 10.1. The number of carbonyl (C=O) groups is 1. The van der Waals surface area contributed by atoms with Crippen LogP contribution in [-0.2, 0) is 6.61 Å². The lowest BCUT2D eigenvalue weighted by molar-refractivity contribution is 0.0952. The summed E-state index contributed by atoms with van der Waals surface area (Å²) < 4.78 is 17.6. The van der Waals surface area contributed by atoms with Gasteiger partial charge in [0.05, 0.1) is 29.1 Å². The van der Waals surface area contributed by atoms with Gasteiger partial charge >= 0.3 is 0 Å². The molecule has 0 unspecified atom stereocenters. The van der Waals surface area contributed by atoms with Crippen LogP contribution < -0.4 is 19.6 Å². The Bertz CT molecular complexity index is 1220. The Morgan fingerprint density at radius 1 is 1.15 bits per heavy atom. The summed E-state index contributed by atoms with van der Waals surface area (Å²) in [5.74, 6) is 0.771. The van der Waals surface area contributed by atoms with Crippen LogP contribution in [0.4, 0.5) is 0 Å². The molecule has 0 aliphatic rings. The van der Waals surface area contributed by atoms with E-state index in [2.05, 4.69) is 33.1 Å². The molecule has 0 fully saturated rings. The van der Waals surface area contributed by atoms with E-state index in [1.54, 1.807) is 24.3 Å². The number of carbonyl (C=O) groups excluding carboxylic acids is 1. The molecule has 178 valence electrons. The molecule has 0 aliphatic carbocycles. The monoisotopic (exact) mass is 614 g/mol. The number of halogens is 3. The Hall–Kier alpha value is -2.69. The average molecular weight is 615 g/mol. The Labute approximate surface area is 220 Å². The van der Waals surface area contributed by atoms with E-state index >= 15 is 0 Å². The van der Waals surface area contributed by atoms with Crippen molar-refractivity contribution in [1.82, 2.24) is 5.43 Å². The summed E-state index contributed by atoms with van der Waals surface area (Å²) in [7, 11) is 1.47. The lowest BCUT2D eigenvalue weighted by Crippen LogP contribution is -2.17. The molecule has 0 aromatic heterocycles. The topological polar surface area (TPSA) is 89.4 Å². The van der Waals surface area contributed by atoms with Crippen LogP contribution in [0.3, 0.4) is 0 Å². The zero-order chi connectivity index (χ0) is 24.7. The standard InChI is InChI=1S/C24H21Cl2IN2O5/c1-3-33-22-9-14(12-28-29-24(31)18-7-6-17(32-2)11-21(18)30)8-20(27)23(22)34-13-15-4-5-16(25)10-19(15)26/h4-12,30H,3,13H2,1-2H3,(H,29,31)/b28-12-. The van der Waals surface area contributed by atoms with E-state index in [1.807, 2.05) is 19.1 Å². The van der Waals surface area contributed by atoms with Gasteiger partial charge in [0.1, 0.15) is 18.1 Å². The molecule has 7 nitrogen and oxygen atoms in total. The van der Waals surface area contributed by atoms with E-state index in [-0.39, 0.29) is 17.9 Å². The number of nitrogens with one attached hydrogen (secondary N) is 1. The van der Waals surface area contributed by atoms with Gasteiger partial charge in [-0.1, -0.05) is 29.3 Å². The Morgan fingerprint density at radius 2 is 1.94 bits per heavy atom. The van der Waals surface area contributed by atoms with Gasteiger partial charge in [0.2, 0.25) is 0 Å². The average Bonchev–Trinajstić information content (AvgIpc) is 2.79. The smallest absolute Gasteiger partial charge is 0.275 e. The van der Waals surface area contributed by atoms with Crippen molar-refractivity contribution < 1.29 is 24.1 Å². The number of phenolic OH excluding ortho intramolecular Hbond substituents is 1. The minimum absolute atomic E-state index is 0.0761. The molecule has 10 heteroatoms. The summed E-state index contributed by atoms with van der Waals surface area (Å²) in [6.07, 6.45) is 1.48. The van der Waals surface area contributed by atoms with Crippen molar-refractivity contribution in [1.29, 1.82) is 0 Å². The summed E-state index contributed by atoms with van der Waals surface area (Å²) >= 11 is 14.3. The number of phenols is 1. The molecule has 0 saturated carbocycles. The van der Waals surface area contributed by atoms with E-state index in [1.165, 1.54) is 25.5 Å². The summed E-state index contributed by atoms with van der Waals surface area (Å²) in [5.41, 5.74) is 3.95. The van der Waals surface area contributed by atoms with Gasteiger partial charge in [0.15, 0.2) is 11.5 Å². The van der Waals surface area contributed by atoms with Crippen molar-refractivity contribution in [3.05, 3.63) is 78.8 Å². The van der Waals surface area contributed by atoms with Gasteiger partial charge < -0.3 is 19.3 Å². The summed E-state index contributed by atoms with van der Waals surface area (Å²) in [6.45, 7) is 2.54. The van der Waals surface area contributed by atoms with Crippen LogP contribution >= 0.6 is 45.8 Å². The fraction of sp³-hybridized carbons (Fsp3) is 0.167. The van der Waals surface area contributed by atoms with E-state index in [9.17, 15) is 9.90 Å². The number of methoxy groups -OCH3 is 1. The Balaban J connectivity index is 1.74. The third-order valence-corrected chi connectivity index (χ3v) is 5.94. The molecular weight excluding hydrogens is 594 g/mol. The quantitative estimate of drug-likeness (QED) is 0.174. The van der Waals surface area contributed by atoms with Crippen molar-refractivity contribution in [3.8, 4) is 23.0 Å². The molecule has 1 amide bonds. The Kier molecular flexibility index (Phi) is 9.26. The van der Waals surface area contributed by atoms with Gasteiger partial charge in [-0.2, -0.15) is 5.10 Å². The maximum absolute atomic E-state index is 12.3. The van der Waals surface area contributed by atoms with Crippen LogP contribution in [0, 0.1) is 3.57 Å². The van der Waals surface area contributed by atoms with Crippen LogP contribution in [0.25, 0.3) is 0 Å². The highest BCUT2D eigenvalue weighted by atomic mass is 127. The van der Waals surface area contributed by atoms with E-state index in [0.29, 0.717) is 39.5 Å². The minimum Gasteiger partial charge on any atom is -0.507 e. The van der Waals surface area contributed by atoms with Crippen molar-refractivity contribution in [2.24, 2.45) is 5.10 Å². The highest BCUT2D eigenvalue weighted by Gasteiger charge is 2.14. The number of rotatable bonds is 9. The number of ether oxygens (including phenoxy) is 3. The van der Waals surface area contributed by atoms with Crippen LogP contribution in [0.5, 0.6) is 23.0 Å². The molecule has 0 bridgehead atoms. The highest BCUT2D eigenvalue weighted by Crippen LogP contribution is 2.35. The summed E-state index contributed by atoms with van der Waals surface area (Å²) in [4.78, 5) is 12.3. The predicted molar refractivity (Wildman–Crippen MR) is 141 cm³/mol. The number of hydrazone groups is 1. The number of benzene rings is 3. The summed E-state index contributed by atoms with van der Waals surface area (Å²) in [6, 6.07) is 13.2. The maximum Gasteiger partial charge on any atom is 0.275 e. The predicted octanol–water partition coefficient (Wildman–Crippen LogP) is 6.05. The maximum atomic E-state index is 12.3. The summed E-state index contributed by atoms with van der Waals surface area (Å²) in [5, 5.41) is 15.1. The van der Waals surface area contributed by atoms with Gasteiger partial charge in [0, 0.05) is 21.7 Å². The van der Waals surface area contributed by atoms with E-state index in [0.717, 1.165) is 9.13 Å². The van der Waals surface area contributed by atoms with Crippen LogP contribution in [0.2, 0.25) is 10.0 Å². The number of hydrogen-bond donors (Lipinski definition) is 2. The molecule has 0 aliphatic heterocycles. The number of nitrogens with zero attached hydrogens (tertiary/aromatic N) is 1. The first-order chi connectivity index (χ1) is 16.3. The van der Waals surface area contributed by atoms with Gasteiger partial charge in [-0.25, -0.2) is 5.43 Å². The molecule has 3 aromatic carbocycles. The third kappa shape index (κ3) is 6.68. The molecule has 0 radical (unpaired) electrons. The lowest BCUT2D eigenvalue weighted by atomic mass is 10.2. The van der Waals surface area contributed by atoms with Gasteiger partial charge in [-0.05, 0) is 71.5 Å². The number of amides is 1. The normalized spacial score (nSPS) is 10.9. The second kappa shape index (κ2) is 12.1. The minimum atomic E-state index is -0.559. The van der Waals surface area contributed by atoms with Crippen LogP contribution in [-0.4, -0.2) is 30.9 Å². The fourth-order valence-corrected chi connectivity index (χ4v) is 4.15. The van der Waals surface area contributed by atoms with Gasteiger partial charge in [0.25, 0.3) is 5.91 Å². The van der Waals surface area contributed by atoms with Crippen molar-refractivity contribution in [2.45, 2.75) is 13.5 Å². The SMILES string of the molecule is CCOc1cc(/C=N\NC(=O)c2ccc(OC)cc2O)cc(I)c1OCc1ccc(Cl)cc1Cl. The van der Waals surface area contributed by atoms with Crippen molar-refractivity contribution in [3.63, 3.8) is 0 Å². The Morgan fingerprint density at radius 3 is 2.62 bits per heavy atom. The molecule has 0 spiro atoms. The lowest BCUT2D eigenvalue weighted by Gasteiger charge is -2.15. The van der Waals surface area contributed by atoms with Crippen molar-refractivity contribution >= 4 is 57.9 Å². The molecule has 34 heavy (non-hydrogen) atoms. The first kappa shape index (κ1) is 25.9. The molecule has 0 saturated heterocycles. The molecule has 3 aromatic rings. The van der Waals surface area contributed by atoms with Gasteiger partial charge in [-0.15, -0.1) is 0 Å². The highest BCUT2D eigenvalue weighted by molar-refractivity contribution is 14.1. The molecule has 3 rings (SSSR count). The van der Waals surface area contributed by atoms with Gasteiger partial charge in [-0.3, -0.25) is 4.79 Å². The zero-order valence-electron chi connectivity index (χ0n) is 18.3. The second-order valence-corrected chi connectivity index (χ2v) is 8.88. The van der Waals surface area contributed by atoms with E-state index < -0.39 is 5.91 Å². The van der Waals surface area contributed by atoms with Crippen LogP contribution in [0.1, 0.15) is 28.4 Å². The molecule has 0 heterocycles. The fourth-order valence-electron chi connectivity index (χ4n) is 2.91. The molecular formula is C24H21Cl2IN2O5. The third-order valence-electron chi connectivity index (χ3n) is 4.55. The first-order valence-corrected chi connectivity index (χ1v) is 11.9.